The van der Waals surface area contributed by atoms with E-state index in [1.807, 2.05) is 12.1 Å². The van der Waals surface area contributed by atoms with Gasteiger partial charge in [-0.1, -0.05) is 12.1 Å². The molecule has 0 bridgehead atoms. The van der Waals surface area contributed by atoms with Crippen molar-refractivity contribution in [3.05, 3.63) is 59.4 Å². The maximum absolute atomic E-state index is 13.6. The molecule has 0 aliphatic rings. The molecule has 2 aromatic carbocycles. The van der Waals surface area contributed by atoms with Gasteiger partial charge >= 0.3 is 0 Å². The maximum Gasteiger partial charge on any atom is 0.167 e. The van der Waals surface area contributed by atoms with Crippen molar-refractivity contribution < 1.29 is 9.13 Å². The number of hydrogen-bond donors (Lipinski definition) is 1. The molecule has 0 heterocycles. The Labute approximate surface area is 104 Å². The lowest BCUT2D eigenvalue weighted by Crippen LogP contribution is -1.96. The number of benzene rings is 2. The van der Waals surface area contributed by atoms with Crippen LogP contribution in [0.3, 0.4) is 0 Å². The Bertz CT molecular complexity index is 605. The summed E-state index contributed by atoms with van der Waals surface area (Å²) in [6.07, 6.45) is 0. The van der Waals surface area contributed by atoms with Crippen molar-refractivity contribution in [3.63, 3.8) is 0 Å². The summed E-state index contributed by atoms with van der Waals surface area (Å²) in [6, 6.07) is 13.1. The van der Waals surface area contributed by atoms with Crippen LogP contribution in [-0.4, -0.2) is 0 Å². The molecule has 0 saturated carbocycles. The molecule has 0 aliphatic carbocycles. The summed E-state index contributed by atoms with van der Waals surface area (Å²) in [5, 5.41) is 8.64. The number of hydrogen-bond acceptors (Lipinski definition) is 3. The average Bonchev–Trinajstić information content (AvgIpc) is 2.41. The molecule has 0 fully saturated rings. The van der Waals surface area contributed by atoms with Crippen LogP contribution in [0.2, 0.25) is 0 Å². The Morgan fingerprint density at radius 2 is 2.06 bits per heavy atom. The Morgan fingerprint density at radius 3 is 2.72 bits per heavy atom. The van der Waals surface area contributed by atoms with Gasteiger partial charge in [-0.05, 0) is 35.9 Å². The number of nitriles is 1. The van der Waals surface area contributed by atoms with Crippen LogP contribution in [0.5, 0.6) is 11.5 Å². The highest BCUT2D eigenvalue weighted by Gasteiger charge is 2.06. The van der Waals surface area contributed by atoms with E-state index in [-0.39, 0.29) is 11.3 Å². The first-order valence-corrected chi connectivity index (χ1v) is 5.39. The second-order valence-corrected chi connectivity index (χ2v) is 3.71. The lowest BCUT2D eigenvalue weighted by Gasteiger charge is -2.07. The van der Waals surface area contributed by atoms with E-state index < -0.39 is 5.82 Å². The Morgan fingerprint density at radius 1 is 1.22 bits per heavy atom. The van der Waals surface area contributed by atoms with Crippen molar-refractivity contribution in [1.82, 2.24) is 0 Å². The standard InChI is InChI=1S/C14H11FN2O/c15-13-7-11(9-17)4-5-14(13)18-12-3-1-2-10(6-12)8-16/h1-7H,8,16H2. The molecule has 2 N–H and O–H groups in total. The van der Waals surface area contributed by atoms with Crippen molar-refractivity contribution >= 4 is 0 Å². The third kappa shape index (κ3) is 2.65. The minimum Gasteiger partial charge on any atom is -0.454 e. The van der Waals surface area contributed by atoms with Crippen molar-refractivity contribution in [3.8, 4) is 17.6 Å². The molecule has 0 amide bonds. The van der Waals surface area contributed by atoms with Crippen LogP contribution < -0.4 is 10.5 Å². The smallest absolute Gasteiger partial charge is 0.167 e. The number of nitrogens with two attached hydrogens (primary N) is 1. The van der Waals surface area contributed by atoms with Gasteiger partial charge in [0.25, 0.3) is 0 Å². The van der Waals surface area contributed by atoms with Crippen molar-refractivity contribution in [2.24, 2.45) is 5.73 Å². The summed E-state index contributed by atoms with van der Waals surface area (Å²) < 4.78 is 19.0. The molecule has 0 spiro atoms. The van der Waals surface area contributed by atoms with Gasteiger partial charge < -0.3 is 10.5 Å². The molecular formula is C14H11FN2O. The second kappa shape index (κ2) is 5.30. The van der Waals surface area contributed by atoms with Gasteiger partial charge in [0.05, 0.1) is 11.6 Å². The van der Waals surface area contributed by atoms with Crippen LogP contribution >= 0.6 is 0 Å². The third-order valence-corrected chi connectivity index (χ3v) is 2.42. The van der Waals surface area contributed by atoms with E-state index in [1.54, 1.807) is 18.2 Å². The van der Waals surface area contributed by atoms with E-state index in [2.05, 4.69) is 0 Å². The molecule has 0 aliphatic heterocycles. The van der Waals surface area contributed by atoms with E-state index in [0.29, 0.717) is 12.3 Å². The maximum atomic E-state index is 13.6. The van der Waals surface area contributed by atoms with Crippen molar-refractivity contribution in [2.45, 2.75) is 6.54 Å². The third-order valence-electron chi connectivity index (χ3n) is 2.42. The first kappa shape index (κ1) is 12.1. The van der Waals surface area contributed by atoms with Crippen molar-refractivity contribution in [1.29, 1.82) is 5.26 Å². The molecule has 0 saturated heterocycles. The summed E-state index contributed by atoms with van der Waals surface area (Å²) in [5.74, 6) is 0.0388. The van der Waals surface area contributed by atoms with Gasteiger partial charge in [0.1, 0.15) is 5.75 Å². The number of halogens is 1. The Hall–Kier alpha value is -2.38. The summed E-state index contributed by atoms with van der Waals surface area (Å²) in [7, 11) is 0. The van der Waals surface area contributed by atoms with Crippen LogP contribution in [-0.2, 0) is 6.54 Å². The van der Waals surface area contributed by atoms with Gasteiger partial charge in [0, 0.05) is 6.54 Å². The molecule has 90 valence electrons. The van der Waals surface area contributed by atoms with Gasteiger partial charge in [0.15, 0.2) is 11.6 Å². The van der Waals surface area contributed by atoms with Crippen LogP contribution in [0.15, 0.2) is 42.5 Å². The number of nitrogens with zero attached hydrogens (tertiary/aromatic N) is 1. The fourth-order valence-corrected chi connectivity index (χ4v) is 1.52. The molecule has 18 heavy (non-hydrogen) atoms. The first-order chi connectivity index (χ1) is 8.72. The summed E-state index contributed by atoms with van der Waals surface area (Å²) in [6.45, 7) is 0.396. The van der Waals surface area contributed by atoms with Gasteiger partial charge in [0.2, 0.25) is 0 Å². The van der Waals surface area contributed by atoms with Gasteiger partial charge in [-0.25, -0.2) is 4.39 Å². The lowest BCUT2D eigenvalue weighted by atomic mass is 10.2. The predicted molar refractivity (Wildman–Crippen MR) is 65.5 cm³/mol. The zero-order chi connectivity index (χ0) is 13.0. The SMILES string of the molecule is N#Cc1ccc(Oc2cccc(CN)c2)c(F)c1. The second-order valence-electron chi connectivity index (χ2n) is 3.71. The Balaban J connectivity index is 2.26. The molecule has 0 aromatic heterocycles. The quantitative estimate of drug-likeness (QED) is 0.900. The number of ether oxygens (including phenoxy) is 1. The summed E-state index contributed by atoms with van der Waals surface area (Å²) >= 11 is 0. The number of rotatable bonds is 3. The molecule has 3 nitrogen and oxygen atoms in total. The lowest BCUT2D eigenvalue weighted by molar-refractivity contribution is 0.441. The van der Waals surface area contributed by atoms with E-state index >= 15 is 0 Å². The fourth-order valence-electron chi connectivity index (χ4n) is 1.52. The minimum absolute atomic E-state index is 0.0863. The molecule has 2 aromatic rings. The highest BCUT2D eigenvalue weighted by atomic mass is 19.1. The van der Waals surface area contributed by atoms with Crippen LogP contribution in [0.4, 0.5) is 4.39 Å². The van der Waals surface area contributed by atoms with Crippen LogP contribution in [0.25, 0.3) is 0 Å². The van der Waals surface area contributed by atoms with Crippen LogP contribution in [0.1, 0.15) is 11.1 Å². The fraction of sp³-hybridized carbons (Fsp3) is 0.0714. The molecule has 4 heteroatoms. The van der Waals surface area contributed by atoms with Gasteiger partial charge in [-0.15, -0.1) is 0 Å². The molecular weight excluding hydrogens is 231 g/mol. The monoisotopic (exact) mass is 242 g/mol. The van der Waals surface area contributed by atoms with Crippen LogP contribution in [0, 0.1) is 17.1 Å². The highest BCUT2D eigenvalue weighted by Crippen LogP contribution is 2.25. The van der Waals surface area contributed by atoms with E-state index in [1.165, 1.54) is 12.1 Å². The topological polar surface area (TPSA) is 59.0 Å². The zero-order valence-corrected chi connectivity index (χ0v) is 9.56. The van der Waals surface area contributed by atoms with Gasteiger partial charge in [-0.2, -0.15) is 5.26 Å². The highest BCUT2D eigenvalue weighted by molar-refractivity contribution is 5.39. The Kier molecular flexibility index (Phi) is 3.56. The zero-order valence-electron chi connectivity index (χ0n) is 9.56. The average molecular weight is 242 g/mol. The van der Waals surface area contributed by atoms with E-state index in [4.69, 9.17) is 15.7 Å². The summed E-state index contributed by atoms with van der Waals surface area (Å²) in [4.78, 5) is 0. The molecule has 0 unspecified atom stereocenters. The van der Waals surface area contributed by atoms with Gasteiger partial charge in [-0.3, -0.25) is 0 Å². The summed E-state index contributed by atoms with van der Waals surface area (Å²) in [5.41, 5.74) is 6.68. The predicted octanol–water partition coefficient (Wildman–Crippen LogP) is 2.95. The molecule has 0 atom stereocenters. The minimum atomic E-state index is -0.563. The molecule has 0 radical (unpaired) electrons. The largest absolute Gasteiger partial charge is 0.454 e. The normalized spacial score (nSPS) is 9.83. The van der Waals surface area contributed by atoms with E-state index in [0.717, 1.165) is 11.6 Å². The molecule has 2 rings (SSSR count). The first-order valence-electron chi connectivity index (χ1n) is 5.39. The van der Waals surface area contributed by atoms with Crippen molar-refractivity contribution in [2.75, 3.05) is 0 Å². The van der Waals surface area contributed by atoms with E-state index in [9.17, 15) is 4.39 Å².